The maximum atomic E-state index is 13.6. The van der Waals surface area contributed by atoms with E-state index in [0.717, 1.165) is 28.6 Å². The summed E-state index contributed by atoms with van der Waals surface area (Å²) in [5.74, 6) is -1.97. The fourth-order valence-electron chi connectivity index (χ4n) is 3.05. The average molecular weight is 415 g/mol. The number of ketones is 1. The summed E-state index contributed by atoms with van der Waals surface area (Å²) in [5, 5.41) is 8.14. The lowest BCUT2D eigenvalue weighted by Crippen LogP contribution is -2.15. The molecule has 0 bridgehead atoms. The number of carbonyl (C=O) groups excluding carboxylic acids is 2. The zero-order chi connectivity index (χ0) is 21.8. The van der Waals surface area contributed by atoms with Crippen LogP contribution in [0.2, 0.25) is 0 Å². The van der Waals surface area contributed by atoms with Gasteiger partial charge in [0.1, 0.15) is 5.82 Å². The van der Waals surface area contributed by atoms with Gasteiger partial charge in [0.2, 0.25) is 0 Å². The minimum atomic E-state index is -0.881. The number of rotatable bonds is 6. The minimum absolute atomic E-state index is 0.208. The SMILES string of the molecule is Cc1ccc(-c2cnnn2-c2ccc(C(=O)COC(=O)c3ccccc3F)cc2)cc1. The van der Waals surface area contributed by atoms with Gasteiger partial charge in [-0.3, -0.25) is 4.79 Å². The van der Waals surface area contributed by atoms with Gasteiger partial charge in [-0.15, -0.1) is 5.10 Å². The standard InChI is InChI=1S/C24H18FN3O3/c1-16-6-8-17(9-7-16)22-14-26-27-28(22)19-12-10-18(11-13-19)23(29)15-31-24(30)20-4-2-3-5-21(20)25/h2-14H,15H2,1H3. The summed E-state index contributed by atoms with van der Waals surface area (Å²) in [6, 6.07) is 20.2. The van der Waals surface area contributed by atoms with Gasteiger partial charge < -0.3 is 4.74 Å². The van der Waals surface area contributed by atoms with E-state index in [9.17, 15) is 14.0 Å². The second-order valence-corrected chi connectivity index (χ2v) is 6.92. The number of ether oxygens (including phenoxy) is 1. The molecule has 0 atom stereocenters. The number of benzene rings is 3. The number of aromatic nitrogens is 3. The lowest BCUT2D eigenvalue weighted by atomic mass is 10.1. The zero-order valence-corrected chi connectivity index (χ0v) is 16.7. The number of carbonyl (C=O) groups is 2. The van der Waals surface area contributed by atoms with Crippen LogP contribution in [-0.2, 0) is 4.74 Å². The summed E-state index contributed by atoms with van der Waals surface area (Å²) in [6.07, 6.45) is 1.67. The largest absolute Gasteiger partial charge is 0.454 e. The number of hydrogen-bond acceptors (Lipinski definition) is 5. The van der Waals surface area contributed by atoms with E-state index in [1.54, 1.807) is 35.1 Å². The first-order chi connectivity index (χ1) is 15.0. The van der Waals surface area contributed by atoms with E-state index in [4.69, 9.17) is 4.74 Å². The summed E-state index contributed by atoms with van der Waals surface area (Å²) in [4.78, 5) is 24.3. The molecule has 0 aliphatic heterocycles. The molecule has 31 heavy (non-hydrogen) atoms. The second kappa shape index (κ2) is 8.71. The molecule has 0 spiro atoms. The fourth-order valence-corrected chi connectivity index (χ4v) is 3.05. The molecule has 4 aromatic rings. The number of aryl methyl sites for hydroxylation is 1. The molecule has 1 aromatic heterocycles. The third-order valence-corrected chi connectivity index (χ3v) is 4.76. The molecular weight excluding hydrogens is 397 g/mol. The molecule has 154 valence electrons. The molecule has 1 heterocycles. The predicted octanol–water partition coefficient (Wildman–Crippen LogP) is 4.42. The van der Waals surface area contributed by atoms with Gasteiger partial charge in [0, 0.05) is 11.1 Å². The Morgan fingerprint density at radius 1 is 0.968 bits per heavy atom. The maximum absolute atomic E-state index is 13.6. The van der Waals surface area contributed by atoms with Crippen molar-refractivity contribution in [3.8, 4) is 16.9 Å². The van der Waals surface area contributed by atoms with E-state index in [1.807, 2.05) is 31.2 Å². The zero-order valence-electron chi connectivity index (χ0n) is 16.7. The van der Waals surface area contributed by atoms with Crippen molar-refractivity contribution in [1.82, 2.24) is 15.0 Å². The van der Waals surface area contributed by atoms with Crippen LogP contribution in [0.15, 0.2) is 79.0 Å². The van der Waals surface area contributed by atoms with Gasteiger partial charge in [-0.25, -0.2) is 13.9 Å². The van der Waals surface area contributed by atoms with Gasteiger partial charge in [-0.2, -0.15) is 0 Å². The molecule has 0 radical (unpaired) electrons. The molecule has 0 fully saturated rings. The number of halogens is 1. The van der Waals surface area contributed by atoms with Crippen LogP contribution in [0.3, 0.4) is 0 Å². The van der Waals surface area contributed by atoms with Crippen LogP contribution >= 0.6 is 0 Å². The number of Topliss-reactive ketones (excluding diaryl/α,β-unsaturated/α-hetero) is 1. The van der Waals surface area contributed by atoms with Gasteiger partial charge in [-0.05, 0) is 43.3 Å². The average Bonchev–Trinajstić information content (AvgIpc) is 3.28. The van der Waals surface area contributed by atoms with Crippen LogP contribution in [-0.4, -0.2) is 33.4 Å². The third-order valence-electron chi connectivity index (χ3n) is 4.76. The molecule has 0 N–H and O–H groups in total. The Morgan fingerprint density at radius 2 is 1.68 bits per heavy atom. The first-order valence-electron chi connectivity index (χ1n) is 9.56. The molecule has 0 unspecified atom stereocenters. The summed E-state index contributed by atoms with van der Waals surface area (Å²) >= 11 is 0. The van der Waals surface area contributed by atoms with E-state index in [0.29, 0.717) is 5.56 Å². The van der Waals surface area contributed by atoms with Crippen LogP contribution in [0.1, 0.15) is 26.3 Å². The van der Waals surface area contributed by atoms with E-state index < -0.39 is 24.2 Å². The van der Waals surface area contributed by atoms with Crippen molar-refractivity contribution in [3.63, 3.8) is 0 Å². The Bertz CT molecular complexity index is 1230. The van der Waals surface area contributed by atoms with Crippen molar-refractivity contribution in [2.24, 2.45) is 0 Å². The number of esters is 1. The van der Waals surface area contributed by atoms with Crippen LogP contribution < -0.4 is 0 Å². The normalized spacial score (nSPS) is 10.6. The monoisotopic (exact) mass is 415 g/mol. The van der Waals surface area contributed by atoms with Gasteiger partial charge in [0.15, 0.2) is 12.4 Å². The Morgan fingerprint density at radius 3 is 2.39 bits per heavy atom. The van der Waals surface area contributed by atoms with Crippen LogP contribution in [0.5, 0.6) is 0 Å². The fraction of sp³-hybridized carbons (Fsp3) is 0.0833. The molecule has 0 saturated carbocycles. The summed E-state index contributed by atoms with van der Waals surface area (Å²) < 4.78 is 20.3. The highest BCUT2D eigenvalue weighted by Crippen LogP contribution is 2.22. The maximum Gasteiger partial charge on any atom is 0.341 e. The molecule has 7 heteroatoms. The van der Waals surface area contributed by atoms with Crippen molar-refractivity contribution in [2.75, 3.05) is 6.61 Å². The van der Waals surface area contributed by atoms with Crippen LogP contribution in [0.25, 0.3) is 16.9 Å². The quantitative estimate of drug-likeness (QED) is 0.344. The van der Waals surface area contributed by atoms with Gasteiger partial charge in [0.25, 0.3) is 0 Å². The molecule has 4 rings (SSSR count). The van der Waals surface area contributed by atoms with Crippen LogP contribution in [0.4, 0.5) is 4.39 Å². The lowest BCUT2D eigenvalue weighted by Gasteiger charge is -2.08. The molecule has 0 aliphatic rings. The van der Waals surface area contributed by atoms with Gasteiger partial charge in [0.05, 0.1) is 23.1 Å². The van der Waals surface area contributed by atoms with Crippen molar-refractivity contribution in [2.45, 2.75) is 6.92 Å². The Balaban J connectivity index is 1.46. The Kier molecular flexibility index (Phi) is 5.66. The van der Waals surface area contributed by atoms with E-state index in [1.165, 1.54) is 18.2 Å². The molecular formula is C24H18FN3O3. The number of nitrogens with zero attached hydrogens (tertiary/aromatic N) is 3. The lowest BCUT2D eigenvalue weighted by molar-refractivity contribution is 0.0470. The highest BCUT2D eigenvalue weighted by molar-refractivity contribution is 5.99. The molecule has 3 aromatic carbocycles. The Labute approximate surface area is 177 Å². The smallest absolute Gasteiger partial charge is 0.341 e. The summed E-state index contributed by atoms with van der Waals surface area (Å²) in [6.45, 7) is 1.53. The molecule has 6 nitrogen and oxygen atoms in total. The summed E-state index contributed by atoms with van der Waals surface area (Å²) in [5.41, 5.74) is 3.82. The van der Waals surface area contributed by atoms with E-state index >= 15 is 0 Å². The van der Waals surface area contributed by atoms with Crippen molar-refractivity contribution < 1.29 is 18.7 Å². The second-order valence-electron chi connectivity index (χ2n) is 6.92. The predicted molar refractivity (Wildman–Crippen MR) is 113 cm³/mol. The van der Waals surface area contributed by atoms with Crippen molar-refractivity contribution in [3.05, 3.63) is 102 Å². The molecule has 0 amide bonds. The van der Waals surface area contributed by atoms with Crippen LogP contribution in [0, 0.1) is 12.7 Å². The topological polar surface area (TPSA) is 74.1 Å². The van der Waals surface area contributed by atoms with Gasteiger partial charge in [-0.1, -0.05) is 47.2 Å². The summed E-state index contributed by atoms with van der Waals surface area (Å²) in [7, 11) is 0. The van der Waals surface area contributed by atoms with Gasteiger partial charge >= 0.3 is 5.97 Å². The molecule has 0 aliphatic carbocycles. The Hall–Kier alpha value is -4.13. The highest BCUT2D eigenvalue weighted by atomic mass is 19.1. The highest BCUT2D eigenvalue weighted by Gasteiger charge is 2.15. The third kappa shape index (κ3) is 4.40. The molecule has 0 saturated heterocycles. The van der Waals surface area contributed by atoms with Crippen molar-refractivity contribution in [1.29, 1.82) is 0 Å². The number of hydrogen-bond donors (Lipinski definition) is 0. The first kappa shape index (κ1) is 20.2. The van der Waals surface area contributed by atoms with E-state index in [2.05, 4.69) is 10.3 Å². The minimum Gasteiger partial charge on any atom is -0.454 e. The first-order valence-corrected chi connectivity index (χ1v) is 9.56. The van der Waals surface area contributed by atoms with E-state index in [-0.39, 0.29) is 5.56 Å². The van der Waals surface area contributed by atoms with Crippen molar-refractivity contribution >= 4 is 11.8 Å².